The van der Waals surface area contributed by atoms with Crippen molar-refractivity contribution < 1.29 is 25.5 Å². The fraction of sp³-hybridized carbons (Fsp3) is 0.478. The number of nitrogens with zero attached hydrogens (tertiary/aromatic N) is 2. The van der Waals surface area contributed by atoms with E-state index < -0.39 is 6.10 Å². The van der Waals surface area contributed by atoms with Crippen LogP contribution in [-0.2, 0) is 0 Å². The summed E-state index contributed by atoms with van der Waals surface area (Å²) in [7, 11) is 0. The Hall–Kier alpha value is -2.56. The van der Waals surface area contributed by atoms with Crippen LogP contribution in [0.1, 0.15) is 0 Å². The van der Waals surface area contributed by atoms with Crippen LogP contribution in [0.25, 0.3) is 0 Å². The van der Waals surface area contributed by atoms with E-state index in [1.807, 2.05) is 58.3 Å². The van der Waals surface area contributed by atoms with Crippen molar-refractivity contribution >= 4 is 22.7 Å². The fourth-order valence-electron chi connectivity index (χ4n) is 3.35. The van der Waals surface area contributed by atoms with Crippen molar-refractivity contribution in [2.45, 2.75) is 6.10 Å². The number of hydrogen-bond donors (Lipinski definition) is 7. The average Bonchev–Trinajstić information content (AvgIpc) is 2.82. The monoisotopic (exact) mass is 448 g/mol. The number of hydrogen-bond acceptors (Lipinski definition) is 9. The molecule has 9 nitrogen and oxygen atoms in total. The van der Waals surface area contributed by atoms with E-state index in [2.05, 4.69) is 10.6 Å². The maximum Gasteiger partial charge on any atom is 0.0884 e. The fourth-order valence-corrected chi connectivity index (χ4v) is 3.35. The summed E-state index contributed by atoms with van der Waals surface area (Å²) >= 11 is 0. The Morgan fingerprint density at radius 1 is 0.562 bits per heavy atom. The van der Waals surface area contributed by atoms with Crippen LogP contribution in [0, 0.1) is 0 Å². The van der Waals surface area contributed by atoms with Gasteiger partial charge in [-0.3, -0.25) is 0 Å². The van der Waals surface area contributed by atoms with Gasteiger partial charge in [-0.2, -0.15) is 0 Å². The van der Waals surface area contributed by atoms with Gasteiger partial charge < -0.3 is 46.0 Å². The predicted molar refractivity (Wildman–Crippen MR) is 129 cm³/mol. The summed E-state index contributed by atoms with van der Waals surface area (Å²) in [6.07, 6.45) is -0.602. The molecular weight excluding hydrogens is 412 g/mol. The Balaban J connectivity index is 1.79. The molecular formula is C23H36N4O5. The molecule has 0 saturated heterocycles. The average molecular weight is 449 g/mol. The summed E-state index contributed by atoms with van der Waals surface area (Å²) in [6.45, 7) is 2.66. The Labute approximate surface area is 189 Å². The van der Waals surface area contributed by atoms with E-state index in [0.717, 1.165) is 22.7 Å². The smallest absolute Gasteiger partial charge is 0.0884 e. The largest absolute Gasteiger partial charge is 0.395 e. The van der Waals surface area contributed by atoms with Crippen molar-refractivity contribution in [3.63, 3.8) is 0 Å². The van der Waals surface area contributed by atoms with Gasteiger partial charge in [0.05, 0.1) is 32.5 Å². The molecule has 0 fully saturated rings. The molecule has 0 amide bonds. The van der Waals surface area contributed by atoms with Gasteiger partial charge in [0, 0.05) is 62.0 Å². The molecule has 0 bridgehead atoms. The molecule has 0 aromatic heterocycles. The van der Waals surface area contributed by atoms with Gasteiger partial charge in [-0.05, 0) is 48.5 Å². The van der Waals surface area contributed by atoms with Crippen LogP contribution in [0.4, 0.5) is 22.7 Å². The third-order valence-corrected chi connectivity index (χ3v) is 5.03. The van der Waals surface area contributed by atoms with Gasteiger partial charge in [0.2, 0.25) is 0 Å². The van der Waals surface area contributed by atoms with Crippen LogP contribution in [-0.4, -0.2) is 97.3 Å². The summed E-state index contributed by atoms with van der Waals surface area (Å²) in [4.78, 5) is 3.81. The summed E-state index contributed by atoms with van der Waals surface area (Å²) in [5.74, 6) is 0. The standard InChI is InChI=1S/C23H36N4O5/c28-13-9-26(10-14-29)21-5-1-19(2-6-21)24-17-23(32)18-25-20-3-7-22(8-4-20)27(11-15-30)12-16-31/h1-8,23-25,28-32H,9-18H2. The van der Waals surface area contributed by atoms with E-state index in [1.54, 1.807) is 0 Å². The van der Waals surface area contributed by atoms with Gasteiger partial charge in [0.1, 0.15) is 0 Å². The van der Waals surface area contributed by atoms with Crippen LogP contribution in [0.5, 0.6) is 0 Å². The van der Waals surface area contributed by atoms with Crippen LogP contribution < -0.4 is 20.4 Å². The zero-order chi connectivity index (χ0) is 23.2. The molecule has 0 aliphatic heterocycles. The lowest BCUT2D eigenvalue weighted by Gasteiger charge is -2.23. The van der Waals surface area contributed by atoms with Crippen molar-refractivity contribution in [3.8, 4) is 0 Å². The van der Waals surface area contributed by atoms with E-state index >= 15 is 0 Å². The maximum absolute atomic E-state index is 10.3. The van der Waals surface area contributed by atoms with Crippen molar-refractivity contribution in [2.75, 3.05) is 86.1 Å². The molecule has 0 unspecified atom stereocenters. The van der Waals surface area contributed by atoms with Gasteiger partial charge in [0.15, 0.2) is 0 Å². The van der Waals surface area contributed by atoms with Gasteiger partial charge in [-0.1, -0.05) is 0 Å². The van der Waals surface area contributed by atoms with Gasteiger partial charge in [-0.15, -0.1) is 0 Å². The Morgan fingerprint density at radius 2 is 0.875 bits per heavy atom. The highest BCUT2D eigenvalue weighted by molar-refractivity contribution is 5.56. The Kier molecular flexibility index (Phi) is 11.6. The zero-order valence-electron chi connectivity index (χ0n) is 18.4. The molecule has 0 spiro atoms. The normalized spacial score (nSPS) is 10.9. The lowest BCUT2D eigenvalue weighted by atomic mass is 10.2. The van der Waals surface area contributed by atoms with Gasteiger partial charge >= 0.3 is 0 Å². The molecule has 0 aliphatic rings. The van der Waals surface area contributed by atoms with Gasteiger partial charge in [-0.25, -0.2) is 0 Å². The second kappa shape index (κ2) is 14.5. The molecule has 7 N–H and O–H groups in total. The molecule has 0 heterocycles. The number of aliphatic hydroxyl groups is 5. The van der Waals surface area contributed by atoms with E-state index in [-0.39, 0.29) is 26.4 Å². The third-order valence-electron chi connectivity index (χ3n) is 5.03. The number of rotatable bonds is 16. The SMILES string of the molecule is OCCN(CCO)c1ccc(NCC(O)CNc2ccc(N(CCO)CCO)cc2)cc1. The second-order valence-corrected chi connectivity index (χ2v) is 7.38. The molecule has 0 saturated carbocycles. The van der Waals surface area contributed by atoms with Crippen LogP contribution in [0.2, 0.25) is 0 Å². The van der Waals surface area contributed by atoms with Crippen molar-refractivity contribution in [3.05, 3.63) is 48.5 Å². The molecule has 0 radical (unpaired) electrons. The maximum atomic E-state index is 10.3. The molecule has 2 aromatic carbocycles. The zero-order valence-corrected chi connectivity index (χ0v) is 18.4. The minimum absolute atomic E-state index is 0.0193. The van der Waals surface area contributed by atoms with Crippen molar-refractivity contribution in [1.29, 1.82) is 0 Å². The first-order chi connectivity index (χ1) is 15.6. The first-order valence-corrected chi connectivity index (χ1v) is 10.9. The minimum Gasteiger partial charge on any atom is -0.395 e. The summed E-state index contributed by atoms with van der Waals surface area (Å²) in [6, 6.07) is 15.3. The molecule has 9 heteroatoms. The lowest BCUT2D eigenvalue weighted by molar-refractivity contribution is 0.201. The van der Waals surface area contributed by atoms with E-state index in [4.69, 9.17) is 20.4 Å². The van der Waals surface area contributed by atoms with Crippen molar-refractivity contribution in [1.82, 2.24) is 0 Å². The Bertz CT molecular complexity index is 670. The molecule has 32 heavy (non-hydrogen) atoms. The Morgan fingerprint density at radius 3 is 1.16 bits per heavy atom. The minimum atomic E-state index is -0.602. The van der Waals surface area contributed by atoms with E-state index in [1.165, 1.54) is 0 Å². The van der Waals surface area contributed by atoms with Crippen LogP contribution in [0.3, 0.4) is 0 Å². The van der Waals surface area contributed by atoms with Crippen LogP contribution >= 0.6 is 0 Å². The first-order valence-electron chi connectivity index (χ1n) is 10.9. The molecule has 178 valence electrons. The number of anilines is 4. The number of nitrogens with one attached hydrogen (secondary N) is 2. The lowest BCUT2D eigenvalue weighted by Crippen LogP contribution is -2.30. The van der Waals surface area contributed by atoms with Crippen LogP contribution in [0.15, 0.2) is 48.5 Å². The topological polar surface area (TPSA) is 132 Å². The highest BCUT2D eigenvalue weighted by atomic mass is 16.3. The van der Waals surface area contributed by atoms with Crippen molar-refractivity contribution in [2.24, 2.45) is 0 Å². The molecule has 0 aliphatic carbocycles. The molecule has 2 aromatic rings. The van der Waals surface area contributed by atoms with E-state index in [9.17, 15) is 5.11 Å². The number of aliphatic hydroxyl groups excluding tert-OH is 5. The predicted octanol–water partition coefficient (Wildman–Crippen LogP) is 0.154. The molecule has 2 rings (SSSR count). The summed E-state index contributed by atoms with van der Waals surface area (Å²) in [5, 5.41) is 53.3. The highest BCUT2D eigenvalue weighted by Gasteiger charge is 2.08. The summed E-state index contributed by atoms with van der Waals surface area (Å²) < 4.78 is 0. The summed E-state index contributed by atoms with van der Waals surface area (Å²) in [5.41, 5.74) is 3.58. The molecule has 0 atom stereocenters. The second-order valence-electron chi connectivity index (χ2n) is 7.38. The number of benzene rings is 2. The first kappa shape index (κ1) is 25.7. The quantitative estimate of drug-likeness (QED) is 0.192. The van der Waals surface area contributed by atoms with E-state index in [0.29, 0.717) is 39.3 Å². The van der Waals surface area contributed by atoms with Gasteiger partial charge in [0.25, 0.3) is 0 Å². The highest BCUT2D eigenvalue weighted by Crippen LogP contribution is 2.19. The third kappa shape index (κ3) is 8.52.